The molecule has 0 saturated heterocycles. The Morgan fingerprint density at radius 2 is 1.90 bits per heavy atom. The predicted molar refractivity (Wildman–Crippen MR) is 146 cm³/mol. The van der Waals surface area contributed by atoms with Crippen LogP contribution in [0, 0.1) is 0 Å². The monoisotopic (exact) mass is 548 g/mol. The van der Waals surface area contributed by atoms with Crippen LogP contribution < -0.4 is 16.1 Å². The van der Waals surface area contributed by atoms with Crippen LogP contribution in [-0.2, 0) is 10.2 Å². The second-order valence-electron chi connectivity index (χ2n) is 10.8. The highest BCUT2D eigenvalue weighted by Gasteiger charge is 2.56. The lowest BCUT2D eigenvalue weighted by atomic mass is 9.65. The number of hydrogen-bond donors (Lipinski definition) is 2. The van der Waals surface area contributed by atoms with Gasteiger partial charge >= 0.3 is 5.69 Å². The van der Waals surface area contributed by atoms with Gasteiger partial charge in [0, 0.05) is 36.8 Å². The number of fused-ring (bicyclic) bond motifs is 3. The summed E-state index contributed by atoms with van der Waals surface area (Å²) >= 11 is 0. The number of rotatable bonds is 5. The van der Waals surface area contributed by atoms with Crippen LogP contribution in [0.5, 0.6) is 0 Å². The third-order valence-electron chi connectivity index (χ3n) is 8.23. The standard InChI is InChI=1S/C27H24F2N6O3.C2H6/c1-26(28,29)13-34-21-9-14(3-4-19(21)27(24(34)37)5-2-6-27)15-10-16(15)17-11-20(33-35-8-7-30-22(17)35)18-12-31-25(38)32-23(18)36;1-2/h3-4,7-9,11-12,15-16H,2,5-6,10,13H2,1H3,(H2,31,32,36,38);1-2H3/t15-,16+;/m1./s1. The zero-order valence-electron chi connectivity index (χ0n) is 22.5. The van der Waals surface area contributed by atoms with Crippen molar-refractivity contribution in [3.63, 3.8) is 0 Å². The summed E-state index contributed by atoms with van der Waals surface area (Å²) in [5.41, 5.74) is 2.84. The Labute approximate surface area is 228 Å². The lowest BCUT2D eigenvalue weighted by molar-refractivity contribution is -0.127. The van der Waals surface area contributed by atoms with E-state index >= 15 is 0 Å². The molecule has 2 aliphatic carbocycles. The summed E-state index contributed by atoms with van der Waals surface area (Å²) in [5, 5.41) is 4.49. The number of carbonyl (C=O) groups excluding carboxylic acids is 1. The summed E-state index contributed by atoms with van der Waals surface area (Å²) in [7, 11) is 0. The summed E-state index contributed by atoms with van der Waals surface area (Å²) in [6.45, 7) is 4.21. The number of carbonyl (C=O) groups is 1. The first-order chi connectivity index (χ1) is 19.1. The molecule has 0 bridgehead atoms. The highest BCUT2D eigenvalue weighted by molar-refractivity contribution is 6.09. The molecule has 40 heavy (non-hydrogen) atoms. The second-order valence-corrected chi connectivity index (χ2v) is 10.8. The molecule has 11 heteroatoms. The van der Waals surface area contributed by atoms with Gasteiger partial charge < -0.3 is 9.88 Å². The third-order valence-corrected chi connectivity index (χ3v) is 8.23. The number of hydrogen-bond acceptors (Lipinski definition) is 5. The molecule has 208 valence electrons. The zero-order chi connectivity index (χ0) is 28.4. The number of nitrogens with one attached hydrogen (secondary N) is 2. The maximum Gasteiger partial charge on any atom is 0.325 e. The normalized spacial score (nSPS) is 20.7. The molecule has 0 radical (unpaired) electrons. The number of aromatic nitrogens is 5. The van der Waals surface area contributed by atoms with Crippen LogP contribution in [0.1, 0.15) is 75.0 Å². The van der Waals surface area contributed by atoms with E-state index in [-0.39, 0.29) is 23.3 Å². The number of anilines is 1. The fraction of sp³-hybridized carbons (Fsp3) is 0.414. The summed E-state index contributed by atoms with van der Waals surface area (Å²) in [5.74, 6) is -3.05. The fourth-order valence-electron chi connectivity index (χ4n) is 6.19. The predicted octanol–water partition coefficient (Wildman–Crippen LogP) is 4.49. The first-order valence-corrected chi connectivity index (χ1v) is 13.7. The number of nitrogens with zero attached hydrogens (tertiary/aromatic N) is 4. The maximum absolute atomic E-state index is 14.1. The van der Waals surface area contributed by atoms with Gasteiger partial charge in [-0.15, -0.1) is 0 Å². The quantitative estimate of drug-likeness (QED) is 0.381. The molecule has 1 aromatic carbocycles. The van der Waals surface area contributed by atoms with E-state index in [0.29, 0.717) is 29.9 Å². The maximum atomic E-state index is 14.1. The minimum absolute atomic E-state index is 0.0670. The lowest BCUT2D eigenvalue weighted by Gasteiger charge is -2.37. The molecule has 2 saturated carbocycles. The van der Waals surface area contributed by atoms with Crippen molar-refractivity contribution >= 4 is 17.2 Å². The minimum Gasteiger partial charge on any atom is -0.313 e. The van der Waals surface area contributed by atoms with Gasteiger partial charge in [-0.25, -0.2) is 23.1 Å². The van der Waals surface area contributed by atoms with Gasteiger partial charge in [-0.2, -0.15) is 5.10 Å². The van der Waals surface area contributed by atoms with Crippen LogP contribution in [0.25, 0.3) is 16.9 Å². The Hall–Kier alpha value is -4.15. The number of H-pyrrole nitrogens is 2. The Morgan fingerprint density at radius 3 is 2.58 bits per heavy atom. The highest BCUT2D eigenvalue weighted by Crippen LogP contribution is 2.59. The number of alkyl halides is 2. The van der Waals surface area contributed by atoms with Crippen molar-refractivity contribution in [2.75, 3.05) is 11.4 Å². The summed E-state index contributed by atoms with van der Waals surface area (Å²) in [6.07, 6.45) is 7.77. The average molecular weight is 549 g/mol. The molecule has 2 N–H and O–H groups in total. The van der Waals surface area contributed by atoms with Crippen molar-refractivity contribution in [1.29, 1.82) is 0 Å². The number of imidazole rings is 1. The highest BCUT2D eigenvalue weighted by atomic mass is 19.3. The molecule has 3 aliphatic rings. The molecule has 4 aromatic rings. The molecule has 4 heterocycles. The van der Waals surface area contributed by atoms with Crippen molar-refractivity contribution in [2.45, 2.75) is 69.6 Å². The number of benzene rings is 1. The van der Waals surface area contributed by atoms with Gasteiger partial charge in [0.25, 0.3) is 11.5 Å². The molecule has 1 aliphatic heterocycles. The van der Waals surface area contributed by atoms with Crippen LogP contribution in [0.15, 0.2) is 52.4 Å². The van der Waals surface area contributed by atoms with Gasteiger partial charge in [0.05, 0.1) is 23.2 Å². The number of halogens is 2. The van der Waals surface area contributed by atoms with Gasteiger partial charge in [0.2, 0.25) is 5.91 Å². The Bertz CT molecular complexity index is 1750. The third kappa shape index (κ3) is 4.06. The van der Waals surface area contributed by atoms with Gasteiger partial charge in [-0.05, 0) is 54.4 Å². The van der Waals surface area contributed by atoms with Crippen LogP contribution in [0.3, 0.4) is 0 Å². The molecule has 1 spiro atoms. The molecule has 1 amide bonds. The first kappa shape index (κ1) is 26.1. The SMILES string of the molecule is CC.CC(F)(F)CN1C(=O)C2(CCC2)c2ccc([C@H]3C[C@@H]3c3cc(-c4c[nH]c(=O)[nH]c4=O)nn4ccnc34)cc21. The molecular weight excluding hydrogens is 518 g/mol. The second kappa shape index (κ2) is 9.21. The number of amides is 1. The van der Waals surface area contributed by atoms with Gasteiger partial charge in [-0.1, -0.05) is 32.4 Å². The summed E-state index contributed by atoms with van der Waals surface area (Å²) in [4.78, 5) is 47.6. The molecule has 7 rings (SSSR count). The topological polar surface area (TPSA) is 116 Å². The van der Waals surface area contributed by atoms with Crippen molar-refractivity contribution in [3.05, 3.63) is 80.4 Å². The minimum atomic E-state index is -3.00. The van der Waals surface area contributed by atoms with Crippen molar-refractivity contribution in [1.82, 2.24) is 24.6 Å². The van der Waals surface area contributed by atoms with Crippen molar-refractivity contribution < 1.29 is 13.6 Å². The van der Waals surface area contributed by atoms with E-state index in [4.69, 9.17) is 0 Å². The Kier molecular flexibility index (Phi) is 6.01. The number of aromatic amines is 2. The average Bonchev–Trinajstić information content (AvgIpc) is 3.47. The largest absolute Gasteiger partial charge is 0.325 e. The van der Waals surface area contributed by atoms with E-state index in [1.165, 1.54) is 11.1 Å². The van der Waals surface area contributed by atoms with Crippen LogP contribution >= 0.6 is 0 Å². The fourth-order valence-corrected chi connectivity index (χ4v) is 6.19. The van der Waals surface area contributed by atoms with Gasteiger partial charge in [0.1, 0.15) is 0 Å². The van der Waals surface area contributed by atoms with Crippen molar-refractivity contribution in [2.24, 2.45) is 0 Å². The summed E-state index contributed by atoms with van der Waals surface area (Å²) in [6, 6.07) is 7.70. The van der Waals surface area contributed by atoms with E-state index in [2.05, 4.69) is 20.1 Å². The molecule has 2 fully saturated rings. The smallest absolute Gasteiger partial charge is 0.313 e. The van der Waals surface area contributed by atoms with E-state index in [1.54, 1.807) is 16.9 Å². The Balaban J connectivity index is 0.00000142. The molecular formula is C29H30F2N6O3. The summed E-state index contributed by atoms with van der Waals surface area (Å²) < 4.78 is 29.7. The van der Waals surface area contributed by atoms with Crippen LogP contribution in [0.2, 0.25) is 0 Å². The molecule has 0 unspecified atom stereocenters. The van der Waals surface area contributed by atoms with E-state index in [1.807, 2.05) is 38.1 Å². The van der Waals surface area contributed by atoms with Crippen LogP contribution in [0.4, 0.5) is 14.5 Å². The van der Waals surface area contributed by atoms with Gasteiger partial charge in [0.15, 0.2) is 5.65 Å². The molecule has 9 nitrogen and oxygen atoms in total. The zero-order valence-corrected chi connectivity index (χ0v) is 22.5. The molecule has 2 atom stereocenters. The lowest BCUT2D eigenvalue weighted by Crippen LogP contribution is -2.47. The first-order valence-electron chi connectivity index (χ1n) is 13.7. The van der Waals surface area contributed by atoms with Crippen molar-refractivity contribution in [3.8, 4) is 11.3 Å². The molecule has 3 aromatic heterocycles. The van der Waals surface area contributed by atoms with E-state index < -0.39 is 29.1 Å². The van der Waals surface area contributed by atoms with E-state index in [9.17, 15) is 23.2 Å². The van der Waals surface area contributed by atoms with E-state index in [0.717, 1.165) is 36.5 Å². The Morgan fingerprint density at radius 1 is 1.12 bits per heavy atom. The van der Waals surface area contributed by atoms with Crippen LogP contribution in [-0.4, -0.2) is 42.9 Å². The van der Waals surface area contributed by atoms with Gasteiger partial charge in [-0.3, -0.25) is 14.6 Å².